The first-order chi connectivity index (χ1) is 12.2. The Kier molecular flexibility index (Phi) is 7.53. The first kappa shape index (κ1) is 21.2. The van der Waals surface area contributed by atoms with E-state index in [2.05, 4.69) is 22.4 Å². The fourth-order valence-corrected chi connectivity index (χ4v) is 4.84. The van der Waals surface area contributed by atoms with E-state index in [1.165, 1.54) is 29.5 Å². The molecule has 1 aromatic carbocycles. The zero-order valence-corrected chi connectivity index (χ0v) is 17.9. The van der Waals surface area contributed by atoms with Crippen molar-refractivity contribution in [2.75, 3.05) is 28.2 Å². The van der Waals surface area contributed by atoms with Crippen molar-refractivity contribution in [3.05, 3.63) is 28.2 Å². The maximum Gasteiger partial charge on any atom is 0.246 e. The molecule has 26 heavy (non-hydrogen) atoms. The monoisotopic (exact) mass is 454 g/mol. The van der Waals surface area contributed by atoms with Crippen molar-refractivity contribution in [2.45, 2.75) is 17.7 Å². The van der Waals surface area contributed by atoms with E-state index in [1.807, 2.05) is 0 Å². The number of hydrogen-bond donors (Lipinski definition) is 1. The Morgan fingerprint density at radius 1 is 1.35 bits per heavy atom. The molecule has 7 nitrogen and oxygen atoms in total. The second-order valence-electron chi connectivity index (χ2n) is 5.14. The number of halogens is 2. The summed E-state index contributed by atoms with van der Waals surface area (Å²) in [6.07, 6.45) is 1.98. The summed E-state index contributed by atoms with van der Waals surface area (Å²) in [5, 5.41) is 11.2. The molecule has 0 atom stereocenters. The molecule has 12 heteroatoms. The lowest BCUT2D eigenvalue weighted by Crippen LogP contribution is -2.37. The average molecular weight is 455 g/mol. The Bertz CT molecular complexity index is 889. The molecular formula is C14H16Cl2N4O3S3. The number of hydrogen-bond acceptors (Lipinski definition) is 7. The van der Waals surface area contributed by atoms with E-state index in [1.54, 1.807) is 11.8 Å². The molecule has 0 fully saturated rings. The summed E-state index contributed by atoms with van der Waals surface area (Å²) in [6, 6.07) is 4.39. The highest BCUT2D eigenvalue weighted by Gasteiger charge is 2.24. The van der Waals surface area contributed by atoms with Gasteiger partial charge in [-0.15, -0.1) is 10.2 Å². The van der Waals surface area contributed by atoms with Crippen molar-refractivity contribution in [3.63, 3.8) is 0 Å². The van der Waals surface area contributed by atoms with Gasteiger partial charge < -0.3 is 0 Å². The van der Waals surface area contributed by atoms with Gasteiger partial charge in [-0.1, -0.05) is 53.2 Å². The summed E-state index contributed by atoms with van der Waals surface area (Å²) in [4.78, 5) is 12.3. The van der Waals surface area contributed by atoms with Gasteiger partial charge >= 0.3 is 0 Å². The van der Waals surface area contributed by atoms with Gasteiger partial charge in [0.1, 0.15) is 6.54 Å². The lowest BCUT2D eigenvalue weighted by atomic mass is 10.3. The molecular weight excluding hydrogens is 439 g/mol. The van der Waals surface area contributed by atoms with Gasteiger partial charge in [-0.05, 0) is 24.6 Å². The van der Waals surface area contributed by atoms with Crippen molar-refractivity contribution in [1.82, 2.24) is 10.2 Å². The fraction of sp³-hybridized carbons (Fsp3) is 0.357. The molecule has 0 bridgehead atoms. The number of nitrogens with one attached hydrogen (secondary N) is 1. The molecule has 0 saturated carbocycles. The third kappa shape index (κ3) is 5.98. The predicted octanol–water partition coefficient (Wildman–Crippen LogP) is 3.75. The minimum Gasteiger partial charge on any atom is -0.299 e. The largest absolute Gasteiger partial charge is 0.299 e. The van der Waals surface area contributed by atoms with Gasteiger partial charge in [0.2, 0.25) is 21.1 Å². The van der Waals surface area contributed by atoms with Crippen LogP contribution in [0.25, 0.3) is 0 Å². The number of amides is 1. The number of sulfonamides is 1. The first-order valence-electron chi connectivity index (χ1n) is 7.39. The topological polar surface area (TPSA) is 92.3 Å². The van der Waals surface area contributed by atoms with Crippen molar-refractivity contribution < 1.29 is 13.2 Å². The molecule has 1 amide bonds. The highest BCUT2D eigenvalue weighted by Crippen LogP contribution is 2.31. The summed E-state index contributed by atoms with van der Waals surface area (Å²) in [6.45, 7) is 1.59. The molecule has 0 spiro atoms. The maximum atomic E-state index is 12.3. The molecule has 0 radical (unpaired) electrons. The van der Waals surface area contributed by atoms with E-state index in [0.717, 1.165) is 27.1 Å². The highest BCUT2D eigenvalue weighted by molar-refractivity contribution is 8.01. The maximum absolute atomic E-state index is 12.3. The van der Waals surface area contributed by atoms with E-state index in [9.17, 15) is 13.2 Å². The molecule has 2 aromatic rings. The van der Waals surface area contributed by atoms with Crippen LogP contribution in [0, 0.1) is 0 Å². The quantitative estimate of drug-likeness (QED) is 0.482. The van der Waals surface area contributed by atoms with E-state index < -0.39 is 22.5 Å². The molecule has 0 aliphatic carbocycles. The van der Waals surface area contributed by atoms with Crippen LogP contribution in [-0.2, 0) is 14.8 Å². The number of carbonyl (C=O) groups is 1. The fourth-order valence-electron chi connectivity index (χ4n) is 1.86. The minimum absolute atomic E-state index is 0.133. The summed E-state index contributed by atoms with van der Waals surface area (Å²) < 4.78 is 25.9. The third-order valence-corrected chi connectivity index (χ3v) is 6.81. The SMILES string of the molecule is CCCSc1nnc(NC(=O)CN(c2cc(Cl)ccc2Cl)S(C)(=O)=O)s1. The van der Waals surface area contributed by atoms with Crippen LogP contribution in [0.3, 0.4) is 0 Å². The number of aromatic nitrogens is 2. The molecule has 142 valence electrons. The number of carbonyl (C=O) groups excluding carboxylic acids is 1. The Balaban J connectivity index is 2.15. The molecule has 0 aliphatic heterocycles. The summed E-state index contributed by atoms with van der Waals surface area (Å²) in [5.74, 6) is 0.340. The zero-order chi connectivity index (χ0) is 19.3. The van der Waals surface area contributed by atoms with Crippen LogP contribution in [0.4, 0.5) is 10.8 Å². The van der Waals surface area contributed by atoms with Crippen LogP contribution < -0.4 is 9.62 Å². The van der Waals surface area contributed by atoms with Crippen LogP contribution >= 0.6 is 46.3 Å². The van der Waals surface area contributed by atoms with E-state index in [0.29, 0.717) is 10.2 Å². The summed E-state index contributed by atoms with van der Waals surface area (Å²) in [7, 11) is -3.76. The predicted molar refractivity (Wildman–Crippen MR) is 108 cm³/mol. The van der Waals surface area contributed by atoms with Crippen LogP contribution in [0.15, 0.2) is 22.5 Å². The number of rotatable bonds is 8. The summed E-state index contributed by atoms with van der Waals surface area (Å²) >= 11 is 14.8. The average Bonchev–Trinajstić information content (AvgIpc) is 2.99. The Hall–Kier alpha value is -1.07. The van der Waals surface area contributed by atoms with E-state index in [-0.39, 0.29) is 10.7 Å². The molecule has 0 aliphatic rings. The third-order valence-electron chi connectivity index (χ3n) is 2.95. The lowest BCUT2D eigenvalue weighted by molar-refractivity contribution is -0.114. The van der Waals surface area contributed by atoms with E-state index in [4.69, 9.17) is 23.2 Å². The van der Waals surface area contributed by atoms with Gasteiger partial charge in [0, 0.05) is 10.8 Å². The van der Waals surface area contributed by atoms with Crippen molar-refractivity contribution in [3.8, 4) is 0 Å². The van der Waals surface area contributed by atoms with Crippen LogP contribution in [-0.4, -0.2) is 43.1 Å². The van der Waals surface area contributed by atoms with Gasteiger partial charge in [0.15, 0.2) is 4.34 Å². The molecule has 2 rings (SSSR count). The normalized spacial score (nSPS) is 11.4. The van der Waals surface area contributed by atoms with Crippen molar-refractivity contribution in [1.29, 1.82) is 0 Å². The molecule has 0 unspecified atom stereocenters. The number of benzene rings is 1. The highest BCUT2D eigenvalue weighted by atomic mass is 35.5. The smallest absolute Gasteiger partial charge is 0.246 e. The van der Waals surface area contributed by atoms with Gasteiger partial charge in [0.05, 0.1) is 17.0 Å². The van der Waals surface area contributed by atoms with E-state index >= 15 is 0 Å². The zero-order valence-electron chi connectivity index (χ0n) is 13.9. The minimum atomic E-state index is -3.76. The van der Waals surface area contributed by atoms with Gasteiger partial charge in [-0.3, -0.25) is 14.4 Å². The number of nitrogens with zero attached hydrogens (tertiary/aromatic N) is 3. The first-order valence-corrected chi connectivity index (χ1v) is 11.8. The molecule has 1 heterocycles. The van der Waals surface area contributed by atoms with Crippen molar-refractivity contribution in [2.24, 2.45) is 0 Å². The van der Waals surface area contributed by atoms with Crippen LogP contribution in [0.2, 0.25) is 10.0 Å². The second-order valence-corrected chi connectivity index (χ2v) is 10.2. The molecule has 1 N–H and O–H groups in total. The number of anilines is 2. The Labute approximate surface area is 170 Å². The lowest BCUT2D eigenvalue weighted by Gasteiger charge is -2.22. The van der Waals surface area contributed by atoms with Gasteiger partial charge in [-0.25, -0.2) is 8.42 Å². The van der Waals surface area contributed by atoms with Crippen LogP contribution in [0.5, 0.6) is 0 Å². The van der Waals surface area contributed by atoms with Gasteiger partial charge in [-0.2, -0.15) is 0 Å². The van der Waals surface area contributed by atoms with Crippen LogP contribution in [0.1, 0.15) is 13.3 Å². The van der Waals surface area contributed by atoms with Gasteiger partial charge in [0.25, 0.3) is 0 Å². The van der Waals surface area contributed by atoms with Crippen molar-refractivity contribution >= 4 is 73.0 Å². The molecule has 0 saturated heterocycles. The standard InChI is InChI=1S/C14H16Cl2N4O3S3/c1-3-6-24-14-19-18-13(25-14)17-12(21)8-20(26(2,22)23)11-7-9(15)4-5-10(11)16/h4-5,7H,3,6,8H2,1-2H3,(H,17,18,21). The second kappa shape index (κ2) is 9.23. The summed E-state index contributed by atoms with van der Waals surface area (Å²) in [5.41, 5.74) is 0.133. The molecule has 1 aromatic heterocycles. The Morgan fingerprint density at radius 3 is 2.73 bits per heavy atom. The number of thioether (sulfide) groups is 1. The Morgan fingerprint density at radius 2 is 2.08 bits per heavy atom.